The quantitative estimate of drug-likeness (QED) is 0.920. The van der Waals surface area contributed by atoms with Gasteiger partial charge in [0.2, 0.25) is 5.91 Å². The fraction of sp³-hybridized carbons (Fsp3) is 0.188. The number of benzene rings is 2. The van der Waals surface area contributed by atoms with Crippen LogP contribution in [0.25, 0.3) is 0 Å². The van der Waals surface area contributed by atoms with Crippen molar-refractivity contribution in [2.24, 2.45) is 3.77 Å². The molecule has 0 spiro atoms. The molecule has 2 rings (SSSR count). The monoisotopic (exact) mass is 350 g/mol. The third-order valence-corrected chi connectivity index (χ3v) is 6.55. The van der Waals surface area contributed by atoms with Crippen LogP contribution in [-0.2, 0) is 25.5 Å². The van der Waals surface area contributed by atoms with Gasteiger partial charge in [0.05, 0.1) is 4.90 Å². The van der Waals surface area contributed by atoms with Crippen LogP contribution in [0.5, 0.6) is 0 Å². The molecule has 2 aromatic rings. The van der Waals surface area contributed by atoms with Gasteiger partial charge in [0.1, 0.15) is 0 Å². The third kappa shape index (κ3) is 4.74. The lowest BCUT2D eigenvalue weighted by atomic mass is 10.2. The van der Waals surface area contributed by atoms with Gasteiger partial charge in [-0.1, -0.05) is 28.4 Å². The Kier molecular flexibility index (Phi) is 5.33. The zero-order valence-electron chi connectivity index (χ0n) is 13.1. The molecule has 122 valence electrons. The fourth-order valence-corrected chi connectivity index (χ4v) is 4.76. The first-order valence-corrected chi connectivity index (χ1v) is 9.89. The highest BCUT2D eigenvalue weighted by Gasteiger charge is 2.13. The van der Waals surface area contributed by atoms with Crippen LogP contribution < -0.4 is 5.32 Å². The number of amides is 1. The summed E-state index contributed by atoms with van der Waals surface area (Å²) >= 11 is 0. The van der Waals surface area contributed by atoms with E-state index in [0.29, 0.717) is 5.69 Å². The predicted molar refractivity (Wildman–Crippen MR) is 93.1 cm³/mol. The van der Waals surface area contributed by atoms with Crippen LogP contribution in [0.3, 0.4) is 0 Å². The molecular weight excluding hydrogens is 332 g/mol. The Morgan fingerprint density at radius 1 is 1.04 bits per heavy atom. The maximum atomic E-state index is 12.4. The number of nitrogens with zero attached hydrogens (tertiary/aromatic N) is 1. The molecule has 23 heavy (non-hydrogen) atoms. The maximum Gasteiger partial charge on any atom is 0.288 e. The molecule has 2 aromatic carbocycles. The van der Waals surface area contributed by atoms with E-state index in [1.54, 1.807) is 18.4 Å². The van der Waals surface area contributed by atoms with E-state index >= 15 is 0 Å². The molecular formula is C16H18N2O3S2. The predicted octanol–water partition coefficient (Wildman–Crippen LogP) is 3.13. The molecule has 1 amide bonds. The lowest BCUT2D eigenvalue weighted by Gasteiger charge is -2.06. The summed E-state index contributed by atoms with van der Waals surface area (Å²) in [5.41, 5.74) is 1.66. The van der Waals surface area contributed by atoms with Crippen molar-refractivity contribution in [3.05, 3.63) is 54.1 Å². The number of carbonyl (C=O) groups is 1. The van der Waals surface area contributed by atoms with Crippen molar-refractivity contribution in [1.82, 2.24) is 0 Å². The lowest BCUT2D eigenvalue weighted by molar-refractivity contribution is -0.114. The average molecular weight is 350 g/mol. The smallest absolute Gasteiger partial charge is 0.288 e. The van der Waals surface area contributed by atoms with E-state index in [1.807, 2.05) is 31.2 Å². The Hall–Kier alpha value is -1.99. The van der Waals surface area contributed by atoms with Crippen LogP contribution in [0.2, 0.25) is 0 Å². The minimum absolute atomic E-state index is 0.109. The number of hydrogen-bond acceptors (Lipinski definition) is 3. The molecule has 0 bridgehead atoms. The summed E-state index contributed by atoms with van der Waals surface area (Å²) in [6.07, 6.45) is 1.77. The van der Waals surface area contributed by atoms with Crippen LogP contribution >= 0.6 is 0 Å². The summed E-state index contributed by atoms with van der Waals surface area (Å²) in [7, 11) is -4.50. The molecule has 0 fully saturated rings. The van der Waals surface area contributed by atoms with Crippen LogP contribution in [0.1, 0.15) is 12.5 Å². The molecule has 0 heterocycles. The summed E-state index contributed by atoms with van der Waals surface area (Å²) < 4.78 is 28.7. The molecule has 0 radical (unpaired) electrons. The largest absolute Gasteiger partial charge is 0.326 e. The van der Waals surface area contributed by atoms with Gasteiger partial charge in [0.25, 0.3) is 10.0 Å². The van der Waals surface area contributed by atoms with Crippen molar-refractivity contribution < 1.29 is 13.2 Å². The Bertz CT molecular complexity index is 840. The number of sulfonamides is 1. The second-order valence-electron chi connectivity index (χ2n) is 5.05. The van der Waals surface area contributed by atoms with Crippen LogP contribution in [0.4, 0.5) is 5.69 Å². The zero-order valence-corrected chi connectivity index (χ0v) is 14.7. The molecule has 0 aromatic heterocycles. The molecule has 0 saturated heterocycles. The van der Waals surface area contributed by atoms with Gasteiger partial charge in [-0.15, -0.1) is 3.77 Å². The highest BCUT2D eigenvalue weighted by Crippen LogP contribution is 2.19. The molecule has 1 atom stereocenters. The molecule has 0 saturated carbocycles. The van der Waals surface area contributed by atoms with E-state index < -0.39 is 20.7 Å². The highest BCUT2D eigenvalue weighted by molar-refractivity contribution is 7.99. The van der Waals surface area contributed by atoms with E-state index in [2.05, 4.69) is 9.08 Å². The minimum atomic E-state index is -3.74. The molecule has 0 aliphatic carbocycles. The average Bonchev–Trinajstić information content (AvgIpc) is 2.47. The van der Waals surface area contributed by atoms with E-state index in [4.69, 9.17) is 0 Å². The first-order valence-electron chi connectivity index (χ1n) is 6.86. The molecule has 0 aliphatic heterocycles. The Balaban J connectivity index is 2.28. The molecule has 0 aliphatic rings. The van der Waals surface area contributed by atoms with E-state index in [9.17, 15) is 13.2 Å². The van der Waals surface area contributed by atoms with Crippen molar-refractivity contribution >= 4 is 32.3 Å². The first-order chi connectivity index (χ1) is 10.8. The van der Waals surface area contributed by atoms with Gasteiger partial charge in [-0.25, -0.2) is 0 Å². The summed E-state index contributed by atoms with van der Waals surface area (Å²) in [5.74, 6) is -0.209. The number of nitrogens with one attached hydrogen (secondary N) is 1. The molecule has 1 N–H and O–H groups in total. The van der Waals surface area contributed by atoms with Gasteiger partial charge >= 0.3 is 0 Å². The lowest BCUT2D eigenvalue weighted by Crippen LogP contribution is -2.06. The topological polar surface area (TPSA) is 75.6 Å². The summed E-state index contributed by atoms with van der Waals surface area (Å²) in [6, 6.07) is 13.6. The standard InChI is InChI=1S/C16H18N2O3S2/c1-12-4-8-15(9-5-12)22(3)18-23(20,21)16-10-6-14(7-11-16)17-13(2)19/h4-11H,1-3H3,(H,17,19). The Labute approximate surface area is 138 Å². The molecule has 7 heteroatoms. The van der Waals surface area contributed by atoms with Crippen molar-refractivity contribution in [3.8, 4) is 0 Å². The Morgan fingerprint density at radius 2 is 1.61 bits per heavy atom. The van der Waals surface area contributed by atoms with E-state index in [-0.39, 0.29) is 10.8 Å². The number of anilines is 1. The maximum absolute atomic E-state index is 12.4. The summed E-state index contributed by atoms with van der Waals surface area (Å²) in [6.45, 7) is 3.37. The van der Waals surface area contributed by atoms with Crippen LogP contribution in [0.15, 0.2) is 62.1 Å². The van der Waals surface area contributed by atoms with Crippen molar-refractivity contribution in [1.29, 1.82) is 0 Å². The second kappa shape index (κ2) is 7.06. The summed E-state index contributed by atoms with van der Waals surface area (Å²) in [4.78, 5) is 12.0. The third-order valence-electron chi connectivity index (χ3n) is 3.04. The van der Waals surface area contributed by atoms with Crippen molar-refractivity contribution in [2.75, 3.05) is 11.6 Å². The number of rotatable bonds is 4. The van der Waals surface area contributed by atoms with Crippen LogP contribution in [-0.4, -0.2) is 20.6 Å². The first kappa shape index (κ1) is 17.4. The minimum Gasteiger partial charge on any atom is -0.326 e. The van der Waals surface area contributed by atoms with Crippen molar-refractivity contribution in [3.63, 3.8) is 0 Å². The SMILES string of the molecule is CC(=O)Nc1ccc(S(=O)(=O)N=S(C)c2ccc(C)cc2)cc1. The zero-order chi connectivity index (χ0) is 17.0. The summed E-state index contributed by atoms with van der Waals surface area (Å²) in [5, 5.41) is 2.59. The van der Waals surface area contributed by atoms with Crippen LogP contribution in [0, 0.1) is 6.92 Å². The van der Waals surface area contributed by atoms with Gasteiger partial charge < -0.3 is 5.32 Å². The molecule has 1 unspecified atom stereocenters. The van der Waals surface area contributed by atoms with E-state index in [0.717, 1.165) is 10.5 Å². The normalized spacial score (nSPS) is 12.8. The number of carbonyl (C=O) groups excluding carboxylic acids is 1. The fourth-order valence-electron chi connectivity index (χ4n) is 1.88. The van der Waals surface area contributed by atoms with E-state index in [1.165, 1.54) is 19.1 Å². The van der Waals surface area contributed by atoms with Gasteiger partial charge in [0.15, 0.2) is 0 Å². The highest BCUT2D eigenvalue weighted by atomic mass is 32.3. The van der Waals surface area contributed by atoms with Crippen molar-refractivity contribution in [2.45, 2.75) is 23.6 Å². The second-order valence-corrected chi connectivity index (χ2v) is 8.49. The Morgan fingerprint density at radius 3 is 2.13 bits per heavy atom. The molecule has 5 nitrogen and oxygen atoms in total. The van der Waals surface area contributed by atoms with Gasteiger partial charge in [-0.2, -0.15) is 8.42 Å². The van der Waals surface area contributed by atoms with Gasteiger partial charge in [-0.05, 0) is 49.6 Å². The number of aryl methyl sites for hydroxylation is 1. The number of hydrogen-bond donors (Lipinski definition) is 1. The van der Waals surface area contributed by atoms with Gasteiger partial charge in [-0.3, -0.25) is 4.79 Å². The van der Waals surface area contributed by atoms with Gasteiger partial charge in [0, 0.05) is 17.5 Å².